The summed E-state index contributed by atoms with van der Waals surface area (Å²) in [6.07, 6.45) is 0. The van der Waals surface area contributed by atoms with Gasteiger partial charge < -0.3 is 9.73 Å². The van der Waals surface area contributed by atoms with Gasteiger partial charge in [-0.25, -0.2) is 0 Å². The molecule has 3 nitrogen and oxygen atoms in total. The molecule has 0 radical (unpaired) electrons. The molecule has 0 spiro atoms. The van der Waals surface area contributed by atoms with Crippen LogP contribution in [-0.2, 0) is 13.1 Å². The minimum atomic E-state index is 0.676. The Morgan fingerprint density at radius 2 is 1.94 bits per heavy atom. The zero-order valence-electron chi connectivity index (χ0n) is 12.5. The molecule has 0 aliphatic heterocycles. The number of hydrogen-bond donors (Lipinski definition) is 1. The van der Waals surface area contributed by atoms with Crippen molar-refractivity contribution in [2.75, 3.05) is 19.6 Å². The second-order valence-electron chi connectivity index (χ2n) is 5.31. The lowest BCUT2D eigenvalue weighted by Gasteiger charge is -2.15. The lowest BCUT2D eigenvalue weighted by molar-refractivity contribution is 0.264. The third-order valence-electron chi connectivity index (χ3n) is 3.18. The smallest absolute Gasteiger partial charge is 0.120 e. The van der Waals surface area contributed by atoms with Gasteiger partial charge >= 0.3 is 0 Å². The minimum absolute atomic E-state index is 0.676. The van der Waals surface area contributed by atoms with Gasteiger partial charge in [0.25, 0.3) is 0 Å². The highest BCUT2D eigenvalue weighted by Gasteiger charge is 2.10. The molecule has 1 aromatic rings. The molecule has 104 valence electrons. The fourth-order valence-electron chi connectivity index (χ4n) is 1.99. The minimum Gasteiger partial charge on any atom is -0.463 e. The fourth-order valence-corrected chi connectivity index (χ4v) is 1.99. The van der Waals surface area contributed by atoms with Gasteiger partial charge in [-0.2, -0.15) is 0 Å². The Labute approximate surface area is 112 Å². The van der Waals surface area contributed by atoms with Crippen molar-refractivity contribution in [1.82, 2.24) is 10.2 Å². The van der Waals surface area contributed by atoms with E-state index in [0.717, 1.165) is 44.2 Å². The van der Waals surface area contributed by atoms with Crippen LogP contribution in [0.3, 0.4) is 0 Å². The standard InChI is InChI=1S/C15H28N2O/c1-6-17(7-2)11-14-8-13(5)15(18-14)10-16-9-12(3)4/h8,12,16H,6-7,9-11H2,1-5H3. The average molecular weight is 252 g/mol. The Kier molecular flexibility index (Phi) is 6.44. The molecule has 0 bridgehead atoms. The number of furan rings is 1. The molecule has 1 aromatic heterocycles. The third-order valence-corrected chi connectivity index (χ3v) is 3.18. The van der Waals surface area contributed by atoms with E-state index < -0.39 is 0 Å². The molecule has 0 fully saturated rings. The Bertz CT molecular complexity index is 340. The summed E-state index contributed by atoms with van der Waals surface area (Å²) < 4.78 is 5.93. The number of aryl methyl sites for hydroxylation is 1. The van der Waals surface area contributed by atoms with E-state index in [-0.39, 0.29) is 0 Å². The van der Waals surface area contributed by atoms with Crippen LogP contribution in [0.25, 0.3) is 0 Å². The summed E-state index contributed by atoms with van der Waals surface area (Å²) in [4.78, 5) is 2.36. The second-order valence-corrected chi connectivity index (χ2v) is 5.31. The number of hydrogen-bond acceptors (Lipinski definition) is 3. The van der Waals surface area contributed by atoms with Crippen LogP contribution >= 0.6 is 0 Å². The van der Waals surface area contributed by atoms with Crippen LogP contribution in [0.2, 0.25) is 0 Å². The molecule has 18 heavy (non-hydrogen) atoms. The molecule has 0 atom stereocenters. The van der Waals surface area contributed by atoms with Crippen molar-refractivity contribution in [3.8, 4) is 0 Å². The first-order valence-corrected chi connectivity index (χ1v) is 7.08. The molecule has 0 saturated heterocycles. The predicted octanol–water partition coefficient (Wildman–Crippen LogP) is 3.18. The van der Waals surface area contributed by atoms with Crippen molar-refractivity contribution in [1.29, 1.82) is 0 Å². The van der Waals surface area contributed by atoms with Crippen molar-refractivity contribution in [3.63, 3.8) is 0 Å². The monoisotopic (exact) mass is 252 g/mol. The highest BCUT2D eigenvalue weighted by atomic mass is 16.3. The summed E-state index contributed by atoms with van der Waals surface area (Å²) in [5, 5.41) is 3.43. The molecular weight excluding hydrogens is 224 g/mol. The largest absolute Gasteiger partial charge is 0.463 e. The van der Waals surface area contributed by atoms with Crippen LogP contribution in [0, 0.1) is 12.8 Å². The van der Waals surface area contributed by atoms with E-state index in [2.05, 4.69) is 50.9 Å². The maximum Gasteiger partial charge on any atom is 0.120 e. The van der Waals surface area contributed by atoms with Crippen molar-refractivity contribution < 1.29 is 4.42 Å². The summed E-state index contributed by atoms with van der Waals surface area (Å²) in [6.45, 7) is 15.8. The van der Waals surface area contributed by atoms with Gasteiger partial charge in [0.2, 0.25) is 0 Å². The lowest BCUT2D eigenvalue weighted by atomic mass is 10.2. The van der Waals surface area contributed by atoms with Crippen LogP contribution in [0.15, 0.2) is 10.5 Å². The summed E-state index contributed by atoms with van der Waals surface area (Å²) in [5.74, 6) is 2.84. The van der Waals surface area contributed by atoms with Crippen molar-refractivity contribution in [3.05, 3.63) is 23.2 Å². The average Bonchev–Trinajstić information content (AvgIpc) is 2.66. The number of nitrogens with zero attached hydrogens (tertiary/aromatic N) is 1. The van der Waals surface area contributed by atoms with Gasteiger partial charge in [-0.05, 0) is 44.1 Å². The van der Waals surface area contributed by atoms with Gasteiger partial charge in [0.05, 0.1) is 13.1 Å². The molecule has 0 aliphatic carbocycles. The van der Waals surface area contributed by atoms with Crippen LogP contribution < -0.4 is 5.32 Å². The molecule has 0 unspecified atom stereocenters. The SMILES string of the molecule is CCN(CC)Cc1cc(C)c(CNCC(C)C)o1. The van der Waals surface area contributed by atoms with E-state index in [1.807, 2.05) is 0 Å². The summed E-state index contributed by atoms with van der Waals surface area (Å²) in [7, 11) is 0. The van der Waals surface area contributed by atoms with Crippen LogP contribution in [-0.4, -0.2) is 24.5 Å². The van der Waals surface area contributed by atoms with Crippen molar-refractivity contribution >= 4 is 0 Å². The fraction of sp³-hybridized carbons (Fsp3) is 0.733. The maximum absolute atomic E-state index is 5.93. The molecule has 0 amide bonds. The second kappa shape index (κ2) is 7.59. The molecule has 0 saturated carbocycles. The van der Waals surface area contributed by atoms with Gasteiger partial charge in [-0.3, -0.25) is 4.90 Å². The molecule has 0 aromatic carbocycles. The van der Waals surface area contributed by atoms with E-state index >= 15 is 0 Å². The predicted molar refractivity (Wildman–Crippen MR) is 76.6 cm³/mol. The van der Waals surface area contributed by atoms with Gasteiger partial charge in [0.15, 0.2) is 0 Å². The van der Waals surface area contributed by atoms with Gasteiger partial charge in [0.1, 0.15) is 11.5 Å². The van der Waals surface area contributed by atoms with Crippen molar-refractivity contribution in [2.45, 2.75) is 47.7 Å². The van der Waals surface area contributed by atoms with Crippen molar-refractivity contribution in [2.24, 2.45) is 5.92 Å². The quantitative estimate of drug-likeness (QED) is 0.770. The highest BCUT2D eigenvalue weighted by Crippen LogP contribution is 2.16. The van der Waals surface area contributed by atoms with Crippen LogP contribution in [0.1, 0.15) is 44.8 Å². The summed E-state index contributed by atoms with van der Waals surface area (Å²) in [5.41, 5.74) is 1.26. The van der Waals surface area contributed by atoms with E-state index in [1.54, 1.807) is 0 Å². The lowest BCUT2D eigenvalue weighted by Crippen LogP contribution is -2.21. The van der Waals surface area contributed by atoms with E-state index in [0.29, 0.717) is 5.92 Å². The van der Waals surface area contributed by atoms with E-state index in [1.165, 1.54) is 5.56 Å². The number of nitrogens with one attached hydrogen (secondary N) is 1. The Hall–Kier alpha value is -0.800. The van der Waals surface area contributed by atoms with E-state index in [9.17, 15) is 0 Å². The zero-order valence-corrected chi connectivity index (χ0v) is 12.5. The molecular formula is C15H28N2O. The number of rotatable bonds is 8. The molecule has 1 heterocycles. The maximum atomic E-state index is 5.93. The van der Waals surface area contributed by atoms with Gasteiger partial charge in [-0.1, -0.05) is 27.7 Å². The Balaban J connectivity index is 2.52. The first-order valence-electron chi connectivity index (χ1n) is 7.08. The van der Waals surface area contributed by atoms with Crippen LogP contribution in [0.5, 0.6) is 0 Å². The molecule has 1 N–H and O–H groups in total. The Morgan fingerprint density at radius 1 is 1.28 bits per heavy atom. The summed E-state index contributed by atoms with van der Waals surface area (Å²) >= 11 is 0. The topological polar surface area (TPSA) is 28.4 Å². The molecule has 0 aliphatic rings. The first kappa shape index (κ1) is 15.3. The van der Waals surface area contributed by atoms with E-state index in [4.69, 9.17) is 4.42 Å². The summed E-state index contributed by atoms with van der Waals surface area (Å²) in [6, 6.07) is 2.17. The zero-order chi connectivity index (χ0) is 13.5. The molecule has 3 heteroatoms. The third kappa shape index (κ3) is 4.83. The first-order chi connectivity index (χ1) is 8.56. The Morgan fingerprint density at radius 3 is 2.50 bits per heavy atom. The molecule has 1 rings (SSSR count). The highest BCUT2D eigenvalue weighted by molar-refractivity contribution is 5.20. The van der Waals surface area contributed by atoms with Crippen LogP contribution in [0.4, 0.5) is 0 Å². The van der Waals surface area contributed by atoms with Gasteiger partial charge in [0, 0.05) is 0 Å². The normalized spacial score (nSPS) is 11.7. The van der Waals surface area contributed by atoms with Gasteiger partial charge in [-0.15, -0.1) is 0 Å².